The molecule has 0 spiro atoms. The van der Waals surface area contributed by atoms with E-state index in [4.69, 9.17) is 0 Å². The summed E-state index contributed by atoms with van der Waals surface area (Å²) in [6.45, 7) is 0. The third-order valence-corrected chi connectivity index (χ3v) is 3.92. The lowest BCUT2D eigenvalue weighted by molar-refractivity contribution is 1.05. The van der Waals surface area contributed by atoms with Crippen LogP contribution in [0.5, 0.6) is 0 Å². The molecule has 1 aliphatic carbocycles. The zero-order chi connectivity index (χ0) is 10.4. The van der Waals surface area contributed by atoms with Crippen LogP contribution in [0.25, 0.3) is 5.65 Å². The van der Waals surface area contributed by atoms with E-state index in [-0.39, 0.29) is 0 Å². The third kappa shape index (κ3) is 1.74. The first-order valence-corrected chi connectivity index (χ1v) is 6.92. The monoisotopic (exact) mass is 328 g/mol. The molecule has 2 aromatic rings. The van der Waals surface area contributed by atoms with Crippen LogP contribution in [0, 0.1) is 0 Å². The lowest BCUT2D eigenvalue weighted by Crippen LogP contribution is -1.88. The number of halogens is 2. The number of rotatable bonds is 2. The van der Waals surface area contributed by atoms with E-state index in [1.54, 1.807) is 0 Å². The van der Waals surface area contributed by atoms with Crippen LogP contribution in [-0.4, -0.2) is 9.38 Å². The van der Waals surface area contributed by atoms with E-state index in [2.05, 4.69) is 59.7 Å². The predicted molar refractivity (Wildman–Crippen MR) is 67.5 cm³/mol. The van der Waals surface area contributed by atoms with E-state index in [0.717, 1.165) is 27.1 Å². The molecule has 0 bridgehead atoms. The van der Waals surface area contributed by atoms with E-state index >= 15 is 0 Å². The number of pyridine rings is 1. The molecule has 0 saturated heterocycles. The summed E-state index contributed by atoms with van der Waals surface area (Å²) in [5.41, 5.74) is 3.50. The molecule has 2 nitrogen and oxygen atoms in total. The van der Waals surface area contributed by atoms with Gasteiger partial charge in [-0.2, -0.15) is 0 Å². The Bertz CT molecular complexity index is 515. The number of fused-ring (bicyclic) bond motifs is 1. The minimum Gasteiger partial charge on any atom is -0.306 e. The minimum atomic E-state index is 0.778. The Labute approximate surface area is 105 Å². The summed E-state index contributed by atoms with van der Waals surface area (Å²) in [6, 6.07) is 2.21. The molecule has 0 radical (unpaired) electrons. The van der Waals surface area contributed by atoms with Crippen molar-refractivity contribution in [3.05, 3.63) is 34.2 Å². The Morgan fingerprint density at radius 2 is 2.20 bits per heavy atom. The van der Waals surface area contributed by atoms with E-state index in [1.165, 1.54) is 18.4 Å². The van der Waals surface area contributed by atoms with Gasteiger partial charge in [0.1, 0.15) is 0 Å². The zero-order valence-corrected chi connectivity index (χ0v) is 11.3. The Balaban J connectivity index is 2.20. The second-order valence-electron chi connectivity index (χ2n) is 3.99. The van der Waals surface area contributed by atoms with Crippen LogP contribution in [0.1, 0.15) is 30.0 Å². The second-order valence-corrected chi connectivity index (χ2v) is 5.41. The molecule has 0 amide bonds. The van der Waals surface area contributed by atoms with Gasteiger partial charge in [0.2, 0.25) is 0 Å². The molecular weight excluding hydrogens is 320 g/mol. The Kier molecular flexibility index (Phi) is 2.36. The van der Waals surface area contributed by atoms with Crippen molar-refractivity contribution in [1.29, 1.82) is 0 Å². The van der Waals surface area contributed by atoms with Crippen molar-refractivity contribution >= 4 is 37.5 Å². The molecule has 2 aromatic heterocycles. The smallest absolute Gasteiger partial charge is 0.151 e. The van der Waals surface area contributed by atoms with E-state index in [1.807, 2.05) is 0 Å². The van der Waals surface area contributed by atoms with Crippen molar-refractivity contribution in [1.82, 2.24) is 9.38 Å². The molecule has 3 rings (SSSR count). The quantitative estimate of drug-likeness (QED) is 0.764. The molecular formula is C11H10Br2N2. The summed E-state index contributed by atoms with van der Waals surface area (Å²) in [5.74, 6) is 0.778. The number of hydrogen-bond donors (Lipinski definition) is 0. The van der Waals surface area contributed by atoms with Gasteiger partial charge in [0.25, 0.3) is 0 Å². The fraction of sp³-hybridized carbons (Fsp3) is 0.364. The molecule has 0 aromatic carbocycles. The number of nitrogens with zero attached hydrogens (tertiary/aromatic N) is 2. The largest absolute Gasteiger partial charge is 0.306 e. The molecule has 0 aliphatic heterocycles. The third-order valence-electron chi connectivity index (χ3n) is 2.76. The Hall–Kier alpha value is -0.350. The number of hydrogen-bond acceptors (Lipinski definition) is 1. The number of aromatic nitrogens is 2. The second kappa shape index (κ2) is 3.59. The molecule has 1 fully saturated rings. The van der Waals surface area contributed by atoms with Crippen molar-refractivity contribution in [3.8, 4) is 0 Å². The number of alkyl halides is 1. The average Bonchev–Trinajstić information content (AvgIpc) is 2.98. The van der Waals surface area contributed by atoms with Gasteiger partial charge in [0.15, 0.2) is 5.65 Å². The van der Waals surface area contributed by atoms with E-state index in [0.29, 0.717) is 0 Å². The van der Waals surface area contributed by atoms with E-state index < -0.39 is 0 Å². The van der Waals surface area contributed by atoms with Crippen LogP contribution >= 0.6 is 31.9 Å². The summed E-state index contributed by atoms with van der Waals surface area (Å²) >= 11 is 7.02. The topological polar surface area (TPSA) is 17.3 Å². The Morgan fingerprint density at radius 1 is 1.40 bits per heavy atom. The maximum absolute atomic E-state index is 4.52. The molecule has 0 N–H and O–H groups in total. The summed E-state index contributed by atoms with van der Waals surface area (Å²) in [7, 11) is 0. The predicted octanol–water partition coefficient (Wildman–Crippen LogP) is 3.87. The first-order chi connectivity index (χ1) is 7.28. The van der Waals surface area contributed by atoms with Gasteiger partial charge in [-0.1, -0.05) is 15.9 Å². The van der Waals surface area contributed by atoms with Crippen molar-refractivity contribution in [2.45, 2.75) is 24.1 Å². The van der Waals surface area contributed by atoms with Crippen LogP contribution in [-0.2, 0) is 5.33 Å². The molecule has 4 heteroatoms. The van der Waals surface area contributed by atoms with Crippen LogP contribution in [0.2, 0.25) is 0 Å². The van der Waals surface area contributed by atoms with Crippen molar-refractivity contribution in [2.24, 2.45) is 0 Å². The van der Waals surface area contributed by atoms with Gasteiger partial charge in [-0.3, -0.25) is 0 Å². The first-order valence-electron chi connectivity index (χ1n) is 5.01. The van der Waals surface area contributed by atoms with E-state index in [9.17, 15) is 0 Å². The molecule has 78 valence electrons. The van der Waals surface area contributed by atoms with Crippen molar-refractivity contribution in [2.75, 3.05) is 0 Å². The minimum absolute atomic E-state index is 0.778. The lowest BCUT2D eigenvalue weighted by Gasteiger charge is -2.01. The summed E-state index contributed by atoms with van der Waals surface area (Å²) < 4.78 is 3.22. The van der Waals surface area contributed by atoms with Gasteiger partial charge in [-0.15, -0.1) is 0 Å². The highest BCUT2D eigenvalue weighted by molar-refractivity contribution is 9.10. The van der Waals surface area contributed by atoms with Gasteiger partial charge in [-0.25, -0.2) is 4.98 Å². The molecule has 1 aliphatic rings. The molecule has 1 saturated carbocycles. The van der Waals surface area contributed by atoms with Gasteiger partial charge < -0.3 is 4.40 Å². The Morgan fingerprint density at radius 3 is 2.87 bits per heavy atom. The maximum Gasteiger partial charge on any atom is 0.151 e. The van der Waals surface area contributed by atoms with Crippen LogP contribution in [0.15, 0.2) is 22.9 Å². The average molecular weight is 330 g/mol. The summed E-state index contributed by atoms with van der Waals surface area (Å²) in [6.07, 6.45) is 6.95. The fourth-order valence-electron chi connectivity index (χ4n) is 1.83. The van der Waals surface area contributed by atoms with Gasteiger partial charge in [0.05, 0.1) is 10.2 Å². The fourth-order valence-corrected chi connectivity index (χ4v) is 2.66. The van der Waals surface area contributed by atoms with Crippen LogP contribution in [0.4, 0.5) is 0 Å². The normalized spacial score (nSPS) is 16.1. The van der Waals surface area contributed by atoms with Gasteiger partial charge in [-0.05, 0) is 46.3 Å². The molecule has 15 heavy (non-hydrogen) atoms. The number of imidazole rings is 1. The summed E-state index contributed by atoms with van der Waals surface area (Å²) in [4.78, 5) is 4.52. The molecule has 2 heterocycles. The van der Waals surface area contributed by atoms with Crippen LogP contribution < -0.4 is 0 Å². The van der Waals surface area contributed by atoms with Gasteiger partial charge in [0, 0.05) is 17.7 Å². The lowest BCUT2D eigenvalue weighted by atomic mass is 10.2. The highest BCUT2D eigenvalue weighted by Crippen LogP contribution is 2.41. The zero-order valence-electron chi connectivity index (χ0n) is 8.08. The van der Waals surface area contributed by atoms with Crippen LogP contribution in [0.3, 0.4) is 0 Å². The molecule has 0 atom stereocenters. The maximum atomic E-state index is 4.52. The highest BCUT2D eigenvalue weighted by Gasteiger charge is 2.24. The van der Waals surface area contributed by atoms with Crippen molar-refractivity contribution < 1.29 is 0 Å². The SMILES string of the molecule is BrCc1cn2cc(C3CC3)cc(Br)c2n1. The molecule has 0 unspecified atom stereocenters. The first kappa shape index (κ1) is 9.85. The summed E-state index contributed by atoms with van der Waals surface area (Å²) in [5, 5.41) is 0.805. The standard InChI is InChI=1S/C11H10Br2N2/c12-4-9-6-15-5-8(7-1-2-7)3-10(13)11(15)14-9/h3,5-7H,1-2,4H2. The van der Waals surface area contributed by atoms with Crippen molar-refractivity contribution in [3.63, 3.8) is 0 Å². The van der Waals surface area contributed by atoms with Gasteiger partial charge >= 0.3 is 0 Å². The highest BCUT2D eigenvalue weighted by atomic mass is 79.9.